The second-order valence-corrected chi connectivity index (χ2v) is 7.24. The van der Waals surface area contributed by atoms with Crippen LogP contribution in [-0.4, -0.2) is 16.1 Å². The average molecular weight is 324 g/mol. The summed E-state index contributed by atoms with van der Waals surface area (Å²) in [5.41, 5.74) is 1.85. The van der Waals surface area contributed by atoms with Gasteiger partial charge in [0.1, 0.15) is 5.82 Å². The van der Waals surface area contributed by atoms with E-state index in [1.807, 2.05) is 26.2 Å². The summed E-state index contributed by atoms with van der Waals surface area (Å²) >= 11 is 2.99. The van der Waals surface area contributed by atoms with Crippen LogP contribution < -0.4 is 5.32 Å². The molecule has 1 heterocycles. The van der Waals surface area contributed by atoms with Gasteiger partial charge in [0.15, 0.2) is 4.34 Å². The van der Waals surface area contributed by atoms with Crippen molar-refractivity contribution in [3.63, 3.8) is 0 Å². The van der Waals surface area contributed by atoms with Gasteiger partial charge in [-0.15, -0.1) is 11.3 Å². The number of halogens is 1. The highest BCUT2D eigenvalue weighted by Gasteiger charge is 2.18. The van der Waals surface area contributed by atoms with Crippen LogP contribution in [0.1, 0.15) is 31.1 Å². The Morgan fingerprint density at radius 3 is 2.57 bits per heavy atom. The number of benzene rings is 1. The molecule has 0 aliphatic heterocycles. The molecular formula is C15H17FN2OS2. The highest BCUT2D eigenvalue weighted by atomic mass is 32.2. The summed E-state index contributed by atoms with van der Waals surface area (Å²) in [7, 11) is 0. The summed E-state index contributed by atoms with van der Waals surface area (Å²) in [5.74, 6) is -0.329. The van der Waals surface area contributed by atoms with Crippen LogP contribution in [0.2, 0.25) is 0 Å². The molecule has 0 saturated carbocycles. The van der Waals surface area contributed by atoms with E-state index >= 15 is 0 Å². The molecule has 0 fully saturated rings. The lowest BCUT2D eigenvalue weighted by Gasteiger charge is -2.17. The third-order valence-electron chi connectivity index (χ3n) is 2.97. The van der Waals surface area contributed by atoms with Crippen LogP contribution in [0.4, 0.5) is 4.39 Å². The number of aromatic nitrogens is 1. The number of hydrogen-bond donors (Lipinski definition) is 1. The maximum atomic E-state index is 12.9. The van der Waals surface area contributed by atoms with Crippen molar-refractivity contribution in [2.24, 2.45) is 0 Å². The molecule has 1 aromatic heterocycles. The van der Waals surface area contributed by atoms with E-state index in [2.05, 4.69) is 10.3 Å². The minimum Gasteiger partial charge on any atom is -0.349 e. The van der Waals surface area contributed by atoms with Crippen LogP contribution in [0.15, 0.2) is 34.0 Å². The first kappa shape index (κ1) is 16.0. The SMILES string of the molecule is Cc1csc(SC(C)C(=O)NC(C)c2ccc(F)cc2)n1. The van der Waals surface area contributed by atoms with Crippen LogP contribution in [-0.2, 0) is 4.79 Å². The second-order valence-electron chi connectivity index (χ2n) is 4.80. The minimum atomic E-state index is -0.277. The predicted octanol–water partition coefficient (Wildman–Crippen LogP) is 3.95. The lowest BCUT2D eigenvalue weighted by Crippen LogP contribution is -2.33. The number of nitrogens with zero attached hydrogens (tertiary/aromatic N) is 1. The molecule has 0 radical (unpaired) electrons. The summed E-state index contributed by atoms with van der Waals surface area (Å²) in [6.07, 6.45) is 0. The molecule has 0 bridgehead atoms. The summed E-state index contributed by atoms with van der Waals surface area (Å²) in [4.78, 5) is 16.5. The first-order valence-corrected chi connectivity index (χ1v) is 8.36. The van der Waals surface area contributed by atoms with Gasteiger partial charge in [0, 0.05) is 11.1 Å². The molecule has 2 rings (SSSR count). The molecule has 112 valence electrons. The monoisotopic (exact) mass is 324 g/mol. The van der Waals surface area contributed by atoms with Gasteiger partial charge < -0.3 is 5.32 Å². The lowest BCUT2D eigenvalue weighted by atomic mass is 10.1. The summed E-state index contributed by atoms with van der Waals surface area (Å²) in [5, 5.41) is 4.68. The number of amides is 1. The van der Waals surface area contributed by atoms with Crippen molar-refractivity contribution in [2.45, 2.75) is 36.4 Å². The molecule has 2 aromatic rings. The summed E-state index contributed by atoms with van der Waals surface area (Å²) in [6.45, 7) is 5.67. The van der Waals surface area contributed by atoms with E-state index in [0.717, 1.165) is 15.6 Å². The van der Waals surface area contributed by atoms with Gasteiger partial charge in [-0.2, -0.15) is 0 Å². The van der Waals surface area contributed by atoms with Crippen molar-refractivity contribution >= 4 is 29.0 Å². The van der Waals surface area contributed by atoms with E-state index in [1.54, 1.807) is 23.5 Å². The molecule has 0 saturated heterocycles. The fraction of sp³-hybridized carbons (Fsp3) is 0.333. The molecule has 0 spiro atoms. The van der Waals surface area contributed by atoms with Crippen molar-refractivity contribution in [3.05, 3.63) is 46.7 Å². The van der Waals surface area contributed by atoms with E-state index < -0.39 is 0 Å². The Kier molecular flexibility index (Phi) is 5.36. The van der Waals surface area contributed by atoms with Gasteiger partial charge >= 0.3 is 0 Å². The van der Waals surface area contributed by atoms with Gasteiger partial charge in [-0.25, -0.2) is 9.37 Å². The molecule has 3 nitrogen and oxygen atoms in total. The molecule has 6 heteroatoms. The molecule has 0 aliphatic carbocycles. The highest BCUT2D eigenvalue weighted by molar-refractivity contribution is 8.02. The highest BCUT2D eigenvalue weighted by Crippen LogP contribution is 2.27. The van der Waals surface area contributed by atoms with Gasteiger partial charge in [-0.05, 0) is 38.5 Å². The lowest BCUT2D eigenvalue weighted by molar-refractivity contribution is -0.120. The normalized spacial score (nSPS) is 13.7. The number of carbonyl (C=O) groups excluding carboxylic acids is 1. The largest absolute Gasteiger partial charge is 0.349 e. The van der Waals surface area contributed by atoms with E-state index in [4.69, 9.17) is 0 Å². The number of carbonyl (C=O) groups is 1. The van der Waals surface area contributed by atoms with Crippen LogP contribution in [0.3, 0.4) is 0 Å². The van der Waals surface area contributed by atoms with Gasteiger partial charge in [0.2, 0.25) is 5.91 Å². The Morgan fingerprint density at radius 2 is 2.00 bits per heavy atom. The summed E-state index contributed by atoms with van der Waals surface area (Å²) in [6, 6.07) is 6.01. The number of thioether (sulfide) groups is 1. The quantitative estimate of drug-likeness (QED) is 0.847. The molecule has 1 N–H and O–H groups in total. The third kappa shape index (κ3) is 4.54. The minimum absolute atomic E-state index is 0.0512. The Hall–Kier alpha value is -1.40. The van der Waals surface area contributed by atoms with Crippen molar-refractivity contribution < 1.29 is 9.18 Å². The van der Waals surface area contributed by atoms with E-state index in [-0.39, 0.29) is 23.0 Å². The molecule has 0 aliphatic rings. The molecule has 21 heavy (non-hydrogen) atoms. The van der Waals surface area contributed by atoms with Gasteiger partial charge in [-0.1, -0.05) is 23.9 Å². The number of rotatable bonds is 5. The Balaban J connectivity index is 1.92. The van der Waals surface area contributed by atoms with Gasteiger partial charge in [-0.3, -0.25) is 4.79 Å². The van der Waals surface area contributed by atoms with Gasteiger partial charge in [0.25, 0.3) is 0 Å². The Bertz CT molecular complexity index is 612. The number of thiazole rings is 1. The number of hydrogen-bond acceptors (Lipinski definition) is 4. The van der Waals surface area contributed by atoms with Crippen molar-refractivity contribution in [1.29, 1.82) is 0 Å². The zero-order chi connectivity index (χ0) is 15.4. The molecule has 2 unspecified atom stereocenters. The van der Waals surface area contributed by atoms with E-state index in [1.165, 1.54) is 23.9 Å². The van der Waals surface area contributed by atoms with Crippen molar-refractivity contribution in [1.82, 2.24) is 10.3 Å². The second kappa shape index (κ2) is 7.04. The van der Waals surface area contributed by atoms with E-state index in [9.17, 15) is 9.18 Å². The number of aryl methyl sites for hydroxylation is 1. The molecule has 1 amide bonds. The van der Waals surface area contributed by atoms with Crippen molar-refractivity contribution in [3.8, 4) is 0 Å². The fourth-order valence-electron chi connectivity index (χ4n) is 1.76. The maximum Gasteiger partial charge on any atom is 0.233 e. The van der Waals surface area contributed by atoms with Gasteiger partial charge in [0.05, 0.1) is 11.3 Å². The van der Waals surface area contributed by atoms with Crippen molar-refractivity contribution in [2.75, 3.05) is 0 Å². The standard InChI is InChI=1S/C15H17FN2OS2/c1-9-8-20-15(17-9)21-11(3)14(19)18-10(2)12-4-6-13(16)7-5-12/h4-8,10-11H,1-3H3,(H,18,19). The zero-order valence-corrected chi connectivity index (χ0v) is 13.7. The molecule has 1 aromatic carbocycles. The predicted molar refractivity (Wildman–Crippen MR) is 85.1 cm³/mol. The average Bonchev–Trinajstić information content (AvgIpc) is 2.84. The zero-order valence-electron chi connectivity index (χ0n) is 12.1. The first-order valence-electron chi connectivity index (χ1n) is 6.60. The van der Waals surface area contributed by atoms with Crippen LogP contribution in [0.25, 0.3) is 0 Å². The Labute approximate surface area is 132 Å². The molecule has 2 atom stereocenters. The Morgan fingerprint density at radius 1 is 1.33 bits per heavy atom. The first-order chi connectivity index (χ1) is 9.95. The van der Waals surface area contributed by atoms with Crippen LogP contribution in [0, 0.1) is 12.7 Å². The van der Waals surface area contributed by atoms with E-state index in [0.29, 0.717) is 0 Å². The number of nitrogens with one attached hydrogen (secondary N) is 1. The molecular weight excluding hydrogens is 307 g/mol. The maximum absolute atomic E-state index is 12.9. The topological polar surface area (TPSA) is 42.0 Å². The fourth-order valence-corrected chi connectivity index (χ4v) is 3.75. The van der Waals surface area contributed by atoms with Crippen LogP contribution in [0.5, 0.6) is 0 Å². The summed E-state index contributed by atoms with van der Waals surface area (Å²) < 4.78 is 13.8. The smallest absolute Gasteiger partial charge is 0.233 e. The van der Waals surface area contributed by atoms with Crippen LogP contribution >= 0.6 is 23.1 Å². The third-order valence-corrected chi connectivity index (χ3v) is 5.16.